The molecule has 11 heteroatoms. The molecular weight excluding hydrogens is 445 g/mol. The average molecular weight is 476 g/mol. The van der Waals surface area contributed by atoms with E-state index in [2.05, 4.69) is 15.3 Å². The molecule has 9 nitrogen and oxygen atoms in total. The maximum absolute atomic E-state index is 8.33. The molecule has 0 aliphatic rings. The summed E-state index contributed by atoms with van der Waals surface area (Å²) in [6.07, 6.45) is 0. The molecule has 31 heavy (non-hydrogen) atoms. The van der Waals surface area contributed by atoms with E-state index >= 15 is 0 Å². The first-order valence-electron chi connectivity index (χ1n) is 9.53. The second-order valence-corrected chi connectivity index (χ2v) is 7.58. The van der Waals surface area contributed by atoms with Crippen LogP contribution in [-0.4, -0.2) is 84.0 Å². The number of rotatable bonds is 13. The summed E-state index contributed by atoms with van der Waals surface area (Å²) in [4.78, 5) is 8.40. The minimum absolute atomic E-state index is 0.0650. The zero-order valence-corrected chi connectivity index (χ0v) is 19.8. The highest BCUT2D eigenvalue weighted by Crippen LogP contribution is 2.25. The molecule has 0 aliphatic heterocycles. The standard InChI is InChI=1S/C20H31Cl2N5O4/c1-20(12-30-10-8-28-3,13-31-11-9-29-4)27-19(25-2)26-18(24)17(23)14-6-5-7-15(21)16(14)22/h5-7,23H,8-13H2,1-4H3,(H3,24,25,26,27). The van der Waals surface area contributed by atoms with E-state index in [-0.39, 0.29) is 22.5 Å². The van der Waals surface area contributed by atoms with E-state index < -0.39 is 5.54 Å². The van der Waals surface area contributed by atoms with Crippen LogP contribution < -0.4 is 11.1 Å². The number of nitrogens with one attached hydrogen (secondary N) is 2. The molecule has 0 radical (unpaired) electrons. The number of amidine groups is 1. The zero-order chi connectivity index (χ0) is 23.3. The lowest BCUT2D eigenvalue weighted by molar-refractivity contribution is -0.00558. The second kappa shape index (κ2) is 14.3. The number of halogens is 2. The van der Waals surface area contributed by atoms with Gasteiger partial charge in [0.2, 0.25) is 5.96 Å². The highest BCUT2D eigenvalue weighted by atomic mass is 35.5. The van der Waals surface area contributed by atoms with Crippen molar-refractivity contribution in [1.29, 1.82) is 5.41 Å². The van der Waals surface area contributed by atoms with Gasteiger partial charge in [0.25, 0.3) is 0 Å². The minimum Gasteiger partial charge on any atom is -0.382 e. The van der Waals surface area contributed by atoms with Crippen molar-refractivity contribution in [3.05, 3.63) is 33.8 Å². The van der Waals surface area contributed by atoms with Gasteiger partial charge in [-0.1, -0.05) is 35.3 Å². The summed E-state index contributed by atoms with van der Waals surface area (Å²) in [7, 11) is 4.78. The van der Waals surface area contributed by atoms with Crippen molar-refractivity contribution >= 4 is 40.7 Å². The Bertz CT molecular complexity index is 762. The Hall–Kier alpha value is -1.75. The van der Waals surface area contributed by atoms with Gasteiger partial charge in [0.05, 0.1) is 55.2 Å². The molecule has 0 aromatic heterocycles. The molecular formula is C20H31Cl2N5O4. The third-order valence-corrected chi connectivity index (χ3v) is 4.85. The van der Waals surface area contributed by atoms with Crippen molar-refractivity contribution < 1.29 is 18.9 Å². The molecule has 4 N–H and O–H groups in total. The van der Waals surface area contributed by atoms with E-state index in [0.717, 1.165) is 0 Å². The third kappa shape index (κ3) is 9.51. The SMILES string of the molecule is CN=C(N=C(N)C(=N)c1cccc(Cl)c1Cl)NC(C)(COCCOC)COCCOC. The average Bonchev–Trinajstić information content (AvgIpc) is 2.75. The van der Waals surface area contributed by atoms with E-state index in [9.17, 15) is 0 Å². The predicted octanol–water partition coefficient (Wildman–Crippen LogP) is 2.38. The fourth-order valence-electron chi connectivity index (χ4n) is 2.40. The van der Waals surface area contributed by atoms with Gasteiger partial charge in [-0.3, -0.25) is 10.4 Å². The number of ether oxygens (including phenoxy) is 4. The Morgan fingerprint density at radius 1 is 1.10 bits per heavy atom. The second-order valence-electron chi connectivity index (χ2n) is 6.80. The fraction of sp³-hybridized carbons (Fsp3) is 0.550. The van der Waals surface area contributed by atoms with Crippen molar-refractivity contribution in [3.63, 3.8) is 0 Å². The van der Waals surface area contributed by atoms with Crippen LogP contribution in [0.2, 0.25) is 10.0 Å². The number of hydrogen-bond acceptors (Lipinski definition) is 6. The quantitative estimate of drug-likeness (QED) is 0.228. The first-order chi connectivity index (χ1) is 14.8. The third-order valence-electron chi connectivity index (χ3n) is 4.03. The number of nitrogens with zero attached hydrogens (tertiary/aromatic N) is 2. The van der Waals surface area contributed by atoms with Crippen molar-refractivity contribution in [2.75, 3.05) is 60.9 Å². The van der Waals surface area contributed by atoms with Crippen LogP contribution in [0.4, 0.5) is 0 Å². The molecule has 0 aliphatic carbocycles. The fourth-order valence-corrected chi connectivity index (χ4v) is 2.80. The molecule has 174 valence electrons. The Morgan fingerprint density at radius 3 is 2.19 bits per heavy atom. The molecule has 0 unspecified atom stereocenters. The molecule has 0 amide bonds. The molecule has 0 spiro atoms. The van der Waals surface area contributed by atoms with Gasteiger partial charge in [0, 0.05) is 26.8 Å². The highest BCUT2D eigenvalue weighted by molar-refractivity contribution is 6.52. The van der Waals surface area contributed by atoms with Crippen molar-refractivity contribution in [2.45, 2.75) is 12.5 Å². The van der Waals surface area contributed by atoms with Crippen LogP contribution in [0.3, 0.4) is 0 Å². The van der Waals surface area contributed by atoms with Crippen LogP contribution in [0.25, 0.3) is 0 Å². The summed E-state index contributed by atoms with van der Waals surface area (Å²) in [6, 6.07) is 4.96. The summed E-state index contributed by atoms with van der Waals surface area (Å²) in [5.41, 5.74) is 5.69. The molecule has 0 bridgehead atoms. The molecule has 0 saturated heterocycles. The molecule has 1 aromatic rings. The number of guanidine groups is 1. The van der Waals surface area contributed by atoms with Gasteiger partial charge in [-0.15, -0.1) is 0 Å². The maximum atomic E-state index is 8.33. The topological polar surface area (TPSA) is 124 Å². The van der Waals surface area contributed by atoms with Crippen molar-refractivity contribution in [1.82, 2.24) is 5.32 Å². The summed E-state index contributed by atoms with van der Waals surface area (Å²) in [6.45, 7) is 4.30. The number of nitrogens with two attached hydrogens (primary N) is 1. The lowest BCUT2D eigenvalue weighted by Gasteiger charge is -2.31. The van der Waals surface area contributed by atoms with Gasteiger partial charge in [-0.05, 0) is 13.0 Å². The summed E-state index contributed by atoms with van der Waals surface area (Å²) in [5, 5.41) is 12.1. The van der Waals surface area contributed by atoms with Crippen LogP contribution in [0, 0.1) is 5.41 Å². The predicted molar refractivity (Wildman–Crippen MR) is 125 cm³/mol. The minimum atomic E-state index is -0.671. The summed E-state index contributed by atoms with van der Waals surface area (Å²) in [5.74, 6) is 0.147. The van der Waals surface area contributed by atoms with Gasteiger partial charge in [-0.2, -0.15) is 4.99 Å². The lowest BCUT2D eigenvalue weighted by atomic mass is 10.1. The normalized spacial score (nSPS) is 12.8. The summed E-state index contributed by atoms with van der Waals surface area (Å²) >= 11 is 12.2. The molecule has 0 fully saturated rings. The maximum Gasteiger partial charge on any atom is 0.220 e. The highest BCUT2D eigenvalue weighted by Gasteiger charge is 2.27. The molecule has 1 rings (SSSR count). The first kappa shape index (κ1) is 27.3. The number of hydrogen-bond donors (Lipinski definition) is 3. The molecule has 1 aromatic carbocycles. The Balaban J connectivity index is 2.95. The Kier molecular flexibility index (Phi) is 12.6. The van der Waals surface area contributed by atoms with Crippen LogP contribution in [0.15, 0.2) is 28.2 Å². The largest absolute Gasteiger partial charge is 0.382 e. The van der Waals surface area contributed by atoms with Crippen LogP contribution in [-0.2, 0) is 18.9 Å². The monoisotopic (exact) mass is 475 g/mol. The zero-order valence-electron chi connectivity index (χ0n) is 18.3. The van der Waals surface area contributed by atoms with Gasteiger partial charge in [0.15, 0.2) is 5.84 Å². The molecule has 0 heterocycles. The van der Waals surface area contributed by atoms with Gasteiger partial charge < -0.3 is 30.0 Å². The van der Waals surface area contributed by atoms with Gasteiger partial charge in [0.1, 0.15) is 5.71 Å². The van der Waals surface area contributed by atoms with E-state index in [1.165, 1.54) is 0 Å². The van der Waals surface area contributed by atoms with Crippen LogP contribution in [0.1, 0.15) is 12.5 Å². The van der Waals surface area contributed by atoms with Gasteiger partial charge in [-0.25, -0.2) is 0 Å². The Labute approximate surface area is 193 Å². The van der Waals surface area contributed by atoms with E-state index in [1.807, 2.05) is 6.92 Å². The number of benzene rings is 1. The van der Waals surface area contributed by atoms with Gasteiger partial charge >= 0.3 is 0 Å². The van der Waals surface area contributed by atoms with E-state index in [4.69, 9.17) is 53.3 Å². The number of methoxy groups -OCH3 is 2. The van der Waals surface area contributed by atoms with Crippen LogP contribution >= 0.6 is 23.2 Å². The summed E-state index contributed by atoms with van der Waals surface area (Å²) < 4.78 is 21.4. The van der Waals surface area contributed by atoms with E-state index in [0.29, 0.717) is 50.2 Å². The molecule has 0 saturated carbocycles. The Morgan fingerprint density at radius 2 is 1.68 bits per heavy atom. The molecule has 0 atom stereocenters. The lowest BCUT2D eigenvalue weighted by Crippen LogP contribution is -2.53. The number of aliphatic imine (C=N–C) groups is 2. The van der Waals surface area contributed by atoms with Crippen molar-refractivity contribution in [2.24, 2.45) is 15.7 Å². The van der Waals surface area contributed by atoms with Crippen molar-refractivity contribution in [3.8, 4) is 0 Å². The van der Waals surface area contributed by atoms with E-state index in [1.54, 1.807) is 39.5 Å². The smallest absolute Gasteiger partial charge is 0.220 e. The first-order valence-corrected chi connectivity index (χ1v) is 10.3. The van der Waals surface area contributed by atoms with Crippen LogP contribution in [0.5, 0.6) is 0 Å².